The van der Waals surface area contributed by atoms with Gasteiger partial charge in [0.15, 0.2) is 0 Å². The van der Waals surface area contributed by atoms with Gasteiger partial charge >= 0.3 is 0 Å². The van der Waals surface area contributed by atoms with Gasteiger partial charge < -0.3 is 11.1 Å². The lowest BCUT2D eigenvalue weighted by atomic mass is 10.1. The summed E-state index contributed by atoms with van der Waals surface area (Å²) in [6, 6.07) is 17.4. The van der Waals surface area contributed by atoms with Gasteiger partial charge in [-0.2, -0.15) is 5.10 Å². The number of carbonyl (C=O) groups excluding carboxylic acids is 1. The number of rotatable bonds is 7. The summed E-state index contributed by atoms with van der Waals surface area (Å²) in [5.41, 5.74) is 9.36. The van der Waals surface area contributed by atoms with E-state index in [9.17, 15) is 4.79 Å². The van der Waals surface area contributed by atoms with E-state index in [1.165, 1.54) is 0 Å². The molecule has 1 atom stereocenters. The number of halogens is 2. The van der Waals surface area contributed by atoms with Crippen molar-refractivity contribution in [2.75, 3.05) is 6.54 Å². The number of nitrogens with zero attached hydrogens (tertiary/aromatic N) is 2. The van der Waals surface area contributed by atoms with E-state index < -0.39 is 0 Å². The molecule has 7 heteroatoms. The number of amides is 1. The fraction of sp³-hybridized carbons (Fsp3) is 0.273. The fourth-order valence-electron chi connectivity index (χ4n) is 3.40. The van der Waals surface area contributed by atoms with Gasteiger partial charge in [0, 0.05) is 34.9 Å². The first-order valence-corrected chi connectivity index (χ1v) is 9.91. The molecule has 4 rings (SSSR count). The second-order valence-corrected chi connectivity index (χ2v) is 7.65. The Labute approximate surface area is 181 Å². The van der Waals surface area contributed by atoms with Crippen LogP contribution in [0.1, 0.15) is 18.4 Å². The van der Waals surface area contributed by atoms with Crippen LogP contribution in [0.3, 0.4) is 0 Å². The van der Waals surface area contributed by atoms with Gasteiger partial charge in [-0.1, -0.05) is 41.9 Å². The molecule has 3 aromatic rings. The lowest BCUT2D eigenvalue weighted by molar-refractivity contribution is -0.121. The maximum absolute atomic E-state index is 12.7. The van der Waals surface area contributed by atoms with Gasteiger partial charge in [0.2, 0.25) is 5.91 Å². The average molecular weight is 431 g/mol. The van der Waals surface area contributed by atoms with Crippen LogP contribution in [-0.4, -0.2) is 28.3 Å². The number of hydrogen-bond donors (Lipinski definition) is 2. The highest BCUT2D eigenvalue weighted by Gasteiger charge is 2.31. The minimum atomic E-state index is -0.0230. The van der Waals surface area contributed by atoms with E-state index in [1.807, 2.05) is 65.5 Å². The third-order valence-corrected chi connectivity index (χ3v) is 5.32. The predicted octanol–water partition coefficient (Wildman–Crippen LogP) is 4.01. The Morgan fingerprint density at radius 2 is 1.86 bits per heavy atom. The summed E-state index contributed by atoms with van der Waals surface area (Å²) in [5, 5.41) is 8.51. The molecule has 0 radical (unpaired) electrons. The zero-order valence-corrected chi connectivity index (χ0v) is 17.5. The highest BCUT2D eigenvalue weighted by molar-refractivity contribution is 6.30. The van der Waals surface area contributed by atoms with Crippen LogP contribution in [0.25, 0.3) is 16.9 Å². The van der Waals surface area contributed by atoms with Crippen molar-refractivity contribution in [3.63, 3.8) is 0 Å². The molecule has 1 fully saturated rings. The van der Waals surface area contributed by atoms with Crippen LogP contribution in [-0.2, 0) is 11.2 Å². The van der Waals surface area contributed by atoms with Crippen molar-refractivity contribution < 1.29 is 4.79 Å². The highest BCUT2D eigenvalue weighted by Crippen LogP contribution is 2.32. The molecule has 0 bridgehead atoms. The minimum absolute atomic E-state index is 0. The molecule has 0 aliphatic heterocycles. The van der Waals surface area contributed by atoms with Gasteiger partial charge in [-0.25, -0.2) is 4.68 Å². The second kappa shape index (κ2) is 9.44. The van der Waals surface area contributed by atoms with Crippen LogP contribution in [0, 0.1) is 5.92 Å². The molecule has 2 aromatic carbocycles. The molecular weight excluding hydrogens is 407 g/mol. The molecule has 1 unspecified atom stereocenters. The standard InChI is InChI=1S/C22H23ClN4O.ClH/c23-18-10-8-16(9-11-18)22-17(12-21(28)25-20(13-24)15-6-7-15)14-27(26-22)19-4-2-1-3-5-19;/h1-5,8-11,14-15,20H,6-7,12-13,24H2,(H,25,28);1H. The molecule has 1 aliphatic rings. The lowest BCUT2D eigenvalue weighted by Gasteiger charge is -2.15. The number of carbonyl (C=O) groups is 1. The molecule has 29 heavy (non-hydrogen) atoms. The van der Waals surface area contributed by atoms with Crippen LogP contribution in [0.5, 0.6) is 0 Å². The third kappa shape index (κ3) is 5.18. The third-order valence-electron chi connectivity index (χ3n) is 5.07. The number of nitrogens with two attached hydrogens (primary N) is 1. The lowest BCUT2D eigenvalue weighted by Crippen LogP contribution is -2.42. The Morgan fingerprint density at radius 1 is 1.17 bits per heavy atom. The SMILES string of the molecule is Cl.NCC(NC(=O)Cc1cn(-c2ccccc2)nc1-c1ccc(Cl)cc1)C1CC1. The van der Waals surface area contributed by atoms with Crippen LogP contribution >= 0.6 is 24.0 Å². The Bertz CT molecular complexity index is 953. The van der Waals surface area contributed by atoms with Crippen molar-refractivity contribution >= 4 is 29.9 Å². The molecule has 1 heterocycles. The molecule has 1 aliphatic carbocycles. The van der Waals surface area contributed by atoms with Gasteiger partial charge in [0.25, 0.3) is 0 Å². The van der Waals surface area contributed by atoms with E-state index in [0.717, 1.165) is 35.3 Å². The fourth-order valence-corrected chi connectivity index (χ4v) is 3.53. The van der Waals surface area contributed by atoms with Crippen LogP contribution in [0.2, 0.25) is 5.02 Å². The summed E-state index contributed by atoms with van der Waals surface area (Å²) in [5.74, 6) is 0.502. The van der Waals surface area contributed by atoms with E-state index in [1.54, 1.807) is 0 Å². The summed E-state index contributed by atoms with van der Waals surface area (Å²) < 4.78 is 1.81. The number of para-hydroxylation sites is 1. The summed E-state index contributed by atoms with van der Waals surface area (Å²) in [6.07, 6.45) is 4.47. The normalized spacial score (nSPS) is 14.1. The van der Waals surface area contributed by atoms with Crippen molar-refractivity contribution in [1.29, 1.82) is 0 Å². The first-order valence-electron chi connectivity index (χ1n) is 9.53. The predicted molar refractivity (Wildman–Crippen MR) is 119 cm³/mol. The molecule has 1 amide bonds. The van der Waals surface area contributed by atoms with E-state index in [2.05, 4.69) is 5.32 Å². The summed E-state index contributed by atoms with van der Waals surface area (Å²) in [4.78, 5) is 12.7. The molecule has 1 saturated carbocycles. The summed E-state index contributed by atoms with van der Waals surface area (Å²) in [7, 11) is 0. The van der Waals surface area contributed by atoms with Crippen molar-refractivity contribution in [3.8, 4) is 16.9 Å². The Kier molecular flexibility index (Phi) is 6.96. The second-order valence-electron chi connectivity index (χ2n) is 7.21. The number of nitrogens with one attached hydrogen (secondary N) is 1. The maximum Gasteiger partial charge on any atom is 0.224 e. The summed E-state index contributed by atoms with van der Waals surface area (Å²) >= 11 is 6.03. The Hall–Kier alpha value is -2.34. The van der Waals surface area contributed by atoms with Crippen LogP contribution < -0.4 is 11.1 Å². The minimum Gasteiger partial charge on any atom is -0.352 e. The van der Waals surface area contributed by atoms with Gasteiger partial charge in [-0.3, -0.25) is 4.79 Å². The zero-order chi connectivity index (χ0) is 19.5. The van der Waals surface area contributed by atoms with E-state index in [4.69, 9.17) is 22.4 Å². The van der Waals surface area contributed by atoms with Crippen molar-refractivity contribution in [2.24, 2.45) is 11.7 Å². The van der Waals surface area contributed by atoms with Gasteiger partial charge in [0.1, 0.15) is 0 Å². The molecular formula is C22H24Cl2N4O. The van der Waals surface area contributed by atoms with Crippen molar-refractivity contribution in [2.45, 2.75) is 25.3 Å². The van der Waals surface area contributed by atoms with Gasteiger partial charge in [-0.05, 0) is 43.0 Å². The van der Waals surface area contributed by atoms with Crippen molar-refractivity contribution in [1.82, 2.24) is 15.1 Å². The molecule has 5 nitrogen and oxygen atoms in total. The van der Waals surface area contributed by atoms with E-state index in [0.29, 0.717) is 17.5 Å². The zero-order valence-electron chi connectivity index (χ0n) is 15.9. The monoisotopic (exact) mass is 430 g/mol. The van der Waals surface area contributed by atoms with Crippen LogP contribution in [0.15, 0.2) is 60.8 Å². The average Bonchev–Trinajstić information content (AvgIpc) is 3.48. The molecule has 0 spiro atoms. The maximum atomic E-state index is 12.7. The van der Waals surface area contributed by atoms with Crippen LogP contribution in [0.4, 0.5) is 0 Å². The molecule has 1 aromatic heterocycles. The van der Waals surface area contributed by atoms with Crippen molar-refractivity contribution in [3.05, 3.63) is 71.4 Å². The Morgan fingerprint density at radius 3 is 2.48 bits per heavy atom. The first kappa shape index (κ1) is 21.4. The number of hydrogen-bond acceptors (Lipinski definition) is 3. The number of benzene rings is 2. The smallest absolute Gasteiger partial charge is 0.224 e. The first-order chi connectivity index (χ1) is 13.6. The topological polar surface area (TPSA) is 72.9 Å². The Balaban J connectivity index is 0.00000240. The largest absolute Gasteiger partial charge is 0.352 e. The number of aromatic nitrogens is 2. The quantitative estimate of drug-likeness (QED) is 0.594. The molecule has 152 valence electrons. The van der Waals surface area contributed by atoms with E-state index in [-0.39, 0.29) is 30.8 Å². The summed E-state index contributed by atoms with van der Waals surface area (Å²) in [6.45, 7) is 0.476. The molecule has 0 saturated heterocycles. The van der Waals surface area contributed by atoms with Gasteiger partial charge in [-0.15, -0.1) is 12.4 Å². The van der Waals surface area contributed by atoms with Gasteiger partial charge in [0.05, 0.1) is 17.8 Å². The van der Waals surface area contributed by atoms with E-state index >= 15 is 0 Å². The molecule has 3 N–H and O–H groups in total. The highest BCUT2D eigenvalue weighted by atomic mass is 35.5.